The largest absolute Gasteiger partial charge is 0.504 e. The smallest absolute Gasteiger partial charge is 0.306 e. The number of carboxylic acids is 1. The average Bonchev–Trinajstić information content (AvgIpc) is 2.32. The number of phenols is 2. The van der Waals surface area contributed by atoms with Gasteiger partial charge in [0.2, 0.25) is 0 Å². The Kier molecular flexibility index (Phi) is 4.53. The van der Waals surface area contributed by atoms with Gasteiger partial charge < -0.3 is 20.6 Å². The third-order valence-corrected chi connectivity index (χ3v) is 2.52. The molecule has 0 saturated carbocycles. The van der Waals surface area contributed by atoms with Crippen LogP contribution in [0.25, 0.3) is 0 Å². The van der Waals surface area contributed by atoms with Gasteiger partial charge in [0.05, 0.1) is 5.92 Å². The fourth-order valence-electron chi connectivity index (χ4n) is 1.29. The van der Waals surface area contributed by atoms with Crippen LogP contribution in [0.1, 0.15) is 23.7 Å². The molecule has 0 saturated heterocycles. The fraction of sp³-hybridized carbons (Fsp3) is 0.333. The molecule has 6 nitrogen and oxygen atoms in total. The Labute approximate surface area is 104 Å². The number of hydrogen-bond donors (Lipinski definition) is 4. The second-order valence-corrected chi connectivity index (χ2v) is 3.99. The Morgan fingerprint density at radius 2 is 1.94 bits per heavy atom. The predicted octanol–water partition coefficient (Wildman–Crippen LogP) is 0.938. The molecule has 0 fully saturated rings. The summed E-state index contributed by atoms with van der Waals surface area (Å²) >= 11 is 0. The highest BCUT2D eigenvalue weighted by Crippen LogP contribution is 2.24. The number of aliphatic carboxylic acids is 1. The number of nitrogens with one attached hydrogen (secondary N) is 1. The van der Waals surface area contributed by atoms with E-state index >= 15 is 0 Å². The standard InChI is InChI=1S/C12H15NO5/c1-7(12(17)18)4-5-13-11(16)8-2-3-9(14)10(15)6-8/h2-3,6-7,14-15H,4-5H2,1H3,(H,13,16)(H,17,18). The lowest BCUT2D eigenvalue weighted by atomic mass is 10.1. The number of phenolic OH excluding ortho intramolecular Hbond substituents is 2. The van der Waals surface area contributed by atoms with Gasteiger partial charge in [-0.05, 0) is 24.6 Å². The quantitative estimate of drug-likeness (QED) is 0.584. The third kappa shape index (κ3) is 3.65. The zero-order chi connectivity index (χ0) is 13.7. The molecule has 0 aliphatic heterocycles. The second-order valence-electron chi connectivity index (χ2n) is 3.99. The van der Waals surface area contributed by atoms with E-state index in [-0.39, 0.29) is 23.6 Å². The van der Waals surface area contributed by atoms with Gasteiger partial charge in [-0.3, -0.25) is 9.59 Å². The van der Waals surface area contributed by atoms with Gasteiger partial charge in [0.1, 0.15) is 0 Å². The number of carbonyl (C=O) groups excluding carboxylic acids is 1. The monoisotopic (exact) mass is 253 g/mol. The highest BCUT2D eigenvalue weighted by atomic mass is 16.4. The minimum atomic E-state index is -0.911. The summed E-state index contributed by atoms with van der Waals surface area (Å²) in [6.45, 7) is 1.79. The summed E-state index contributed by atoms with van der Waals surface area (Å²) in [6.07, 6.45) is 0.325. The van der Waals surface area contributed by atoms with Gasteiger partial charge in [-0.15, -0.1) is 0 Å². The van der Waals surface area contributed by atoms with Crippen LogP contribution in [0.2, 0.25) is 0 Å². The van der Waals surface area contributed by atoms with E-state index in [1.807, 2.05) is 0 Å². The van der Waals surface area contributed by atoms with E-state index in [0.29, 0.717) is 6.42 Å². The summed E-state index contributed by atoms with van der Waals surface area (Å²) < 4.78 is 0. The van der Waals surface area contributed by atoms with Gasteiger partial charge in [-0.25, -0.2) is 0 Å². The van der Waals surface area contributed by atoms with Crippen molar-refractivity contribution in [3.05, 3.63) is 23.8 Å². The molecule has 0 aliphatic rings. The number of aromatic hydroxyl groups is 2. The zero-order valence-electron chi connectivity index (χ0n) is 9.88. The highest BCUT2D eigenvalue weighted by Gasteiger charge is 2.12. The molecule has 1 unspecified atom stereocenters. The molecule has 6 heteroatoms. The summed E-state index contributed by atoms with van der Waals surface area (Å²) in [6, 6.07) is 3.72. The van der Waals surface area contributed by atoms with Gasteiger partial charge >= 0.3 is 5.97 Å². The van der Waals surface area contributed by atoms with Crippen LogP contribution in [0.15, 0.2) is 18.2 Å². The molecule has 1 aromatic carbocycles. The molecular weight excluding hydrogens is 238 g/mol. The predicted molar refractivity (Wildman–Crippen MR) is 63.5 cm³/mol. The van der Waals surface area contributed by atoms with E-state index < -0.39 is 17.8 Å². The minimum absolute atomic E-state index is 0.202. The van der Waals surface area contributed by atoms with Crippen LogP contribution in [-0.2, 0) is 4.79 Å². The first-order valence-corrected chi connectivity index (χ1v) is 5.44. The maximum Gasteiger partial charge on any atom is 0.306 e. The summed E-state index contributed by atoms with van der Waals surface area (Å²) in [5, 5.41) is 29.5. The number of rotatable bonds is 5. The van der Waals surface area contributed by atoms with Crippen molar-refractivity contribution < 1.29 is 24.9 Å². The lowest BCUT2D eigenvalue weighted by Gasteiger charge is -2.08. The van der Waals surface area contributed by atoms with E-state index in [4.69, 9.17) is 10.2 Å². The van der Waals surface area contributed by atoms with E-state index in [9.17, 15) is 14.7 Å². The van der Waals surface area contributed by atoms with Gasteiger partial charge in [0, 0.05) is 12.1 Å². The van der Waals surface area contributed by atoms with Crippen LogP contribution in [-0.4, -0.2) is 33.7 Å². The molecule has 18 heavy (non-hydrogen) atoms. The van der Waals surface area contributed by atoms with Gasteiger partial charge in [-0.1, -0.05) is 6.92 Å². The molecule has 0 heterocycles. The number of benzene rings is 1. The molecule has 0 radical (unpaired) electrons. The van der Waals surface area contributed by atoms with Crippen molar-refractivity contribution in [2.45, 2.75) is 13.3 Å². The van der Waals surface area contributed by atoms with Gasteiger partial charge in [0.15, 0.2) is 11.5 Å². The Morgan fingerprint density at radius 1 is 1.28 bits per heavy atom. The number of amides is 1. The van der Waals surface area contributed by atoms with Crippen molar-refractivity contribution in [3.8, 4) is 11.5 Å². The molecule has 1 atom stereocenters. The first-order valence-electron chi connectivity index (χ1n) is 5.44. The second kappa shape index (κ2) is 5.90. The van der Waals surface area contributed by atoms with Crippen molar-refractivity contribution in [2.75, 3.05) is 6.54 Å². The van der Waals surface area contributed by atoms with Gasteiger partial charge in [-0.2, -0.15) is 0 Å². The fourth-order valence-corrected chi connectivity index (χ4v) is 1.29. The lowest BCUT2D eigenvalue weighted by molar-refractivity contribution is -0.141. The maximum absolute atomic E-state index is 11.6. The summed E-state index contributed by atoms with van der Waals surface area (Å²) in [4.78, 5) is 22.2. The minimum Gasteiger partial charge on any atom is -0.504 e. The number of carbonyl (C=O) groups is 2. The molecular formula is C12H15NO5. The SMILES string of the molecule is CC(CCNC(=O)c1ccc(O)c(O)c1)C(=O)O. The van der Waals surface area contributed by atoms with Crippen molar-refractivity contribution >= 4 is 11.9 Å². The van der Waals surface area contributed by atoms with Crippen LogP contribution in [0.5, 0.6) is 11.5 Å². The average molecular weight is 253 g/mol. The molecule has 0 spiro atoms. The maximum atomic E-state index is 11.6. The molecule has 1 amide bonds. The van der Waals surface area contributed by atoms with Crippen LogP contribution < -0.4 is 5.32 Å². The molecule has 0 aromatic heterocycles. The van der Waals surface area contributed by atoms with Crippen molar-refractivity contribution in [1.29, 1.82) is 0 Å². The van der Waals surface area contributed by atoms with E-state index in [1.165, 1.54) is 12.1 Å². The Balaban J connectivity index is 2.50. The Hall–Kier alpha value is -2.24. The summed E-state index contributed by atoms with van der Waals surface area (Å²) in [7, 11) is 0. The van der Waals surface area contributed by atoms with Crippen molar-refractivity contribution in [2.24, 2.45) is 5.92 Å². The zero-order valence-corrected chi connectivity index (χ0v) is 9.88. The number of carboxylic acid groups (broad SMARTS) is 1. The van der Waals surface area contributed by atoms with Crippen molar-refractivity contribution in [3.63, 3.8) is 0 Å². The summed E-state index contributed by atoms with van der Waals surface area (Å²) in [5.41, 5.74) is 0.202. The molecule has 0 bridgehead atoms. The van der Waals surface area contributed by atoms with Crippen LogP contribution in [0.4, 0.5) is 0 Å². The van der Waals surface area contributed by atoms with E-state index in [2.05, 4.69) is 5.32 Å². The summed E-state index contributed by atoms with van der Waals surface area (Å²) in [5.74, 6) is -2.54. The Bertz CT molecular complexity index is 458. The topological polar surface area (TPSA) is 107 Å². The molecule has 0 aliphatic carbocycles. The third-order valence-electron chi connectivity index (χ3n) is 2.52. The van der Waals surface area contributed by atoms with Crippen LogP contribution >= 0.6 is 0 Å². The normalized spacial score (nSPS) is 11.8. The lowest BCUT2D eigenvalue weighted by Crippen LogP contribution is -2.26. The van der Waals surface area contributed by atoms with Crippen LogP contribution in [0.3, 0.4) is 0 Å². The molecule has 1 aromatic rings. The highest BCUT2D eigenvalue weighted by molar-refractivity contribution is 5.94. The van der Waals surface area contributed by atoms with E-state index in [1.54, 1.807) is 6.92 Å². The Morgan fingerprint density at radius 3 is 2.50 bits per heavy atom. The first kappa shape index (κ1) is 13.8. The molecule has 98 valence electrons. The van der Waals surface area contributed by atoms with Crippen LogP contribution in [0, 0.1) is 5.92 Å². The van der Waals surface area contributed by atoms with Crippen molar-refractivity contribution in [1.82, 2.24) is 5.32 Å². The first-order chi connectivity index (χ1) is 8.41. The molecule has 4 N–H and O–H groups in total. The number of hydrogen-bond acceptors (Lipinski definition) is 4. The van der Waals surface area contributed by atoms with E-state index in [0.717, 1.165) is 6.07 Å². The molecule has 1 rings (SSSR count). The van der Waals surface area contributed by atoms with Gasteiger partial charge in [0.25, 0.3) is 5.91 Å².